The van der Waals surface area contributed by atoms with E-state index in [9.17, 15) is 13.6 Å². The number of para-hydroxylation sites is 1. The van der Waals surface area contributed by atoms with Crippen molar-refractivity contribution in [3.8, 4) is 11.6 Å². The maximum absolute atomic E-state index is 14.1. The van der Waals surface area contributed by atoms with Gasteiger partial charge < -0.3 is 14.8 Å². The van der Waals surface area contributed by atoms with Crippen molar-refractivity contribution in [3.05, 3.63) is 93.1 Å². The molecule has 180 valence electrons. The van der Waals surface area contributed by atoms with E-state index >= 15 is 0 Å². The Hall–Kier alpha value is -3.65. The third kappa shape index (κ3) is 4.30. The van der Waals surface area contributed by atoms with Crippen LogP contribution in [0, 0.1) is 25.5 Å². The molecule has 2 aromatic heterocycles. The third-order valence-electron chi connectivity index (χ3n) is 6.00. The van der Waals surface area contributed by atoms with E-state index in [4.69, 9.17) is 21.1 Å². The molecule has 0 spiro atoms. The zero-order valence-electron chi connectivity index (χ0n) is 19.1. The minimum Gasteiger partial charge on any atom is -0.492 e. The van der Waals surface area contributed by atoms with Crippen LogP contribution in [0.5, 0.6) is 11.6 Å². The number of halogens is 3. The molecule has 1 amide bonds. The smallest absolute Gasteiger partial charge is 0.255 e. The molecule has 0 aliphatic carbocycles. The van der Waals surface area contributed by atoms with Gasteiger partial charge in [0.15, 0.2) is 0 Å². The first-order valence-electron chi connectivity index (χ1n) is 11.1. The normalized spacial score (nSPS) is 14.9. The number of amides is 1. The van der Waals surface area contributed by atoms with Gasteiger partial charge in [-0.1, -0.05) is 29.8 Å². The second-order valence-electron chi connectivity index (χ2n) is 8.44. The Morgan fingerprint density at radius 2 is 1.94 bits per heavy atom. The van der Waals surface area contributed by atoms with Gasteiger partial charge in [-0.05, 0) is 43.7 Å². The predicted octanol–water partition coefficient (Wildman–Crippen LogP) is 5.72. The molecule has 2 aromatic carbocycles. The Balaban J connectivity index is 1.46. The molecule has 0 radical (unpaired) electrons. The maximum atomic E-state index is 14.1. The van der Waals surface area contributed by atoms with Crippen LogP contribution in [0.2, 0.25) is 5.02 Å². The molecule has 1 unspecified atom stereocenters. The first-order valence-corrected chi connectivity index (χ1v) is 11.5. The number of hydrogen-bond acceptors (Lipinski definition) is 4. The Morgan fingerprint density at radius 3 is 2.71 bits per heavy atom. The molecule has 0 saturated heterocycles. The molecular formula is C26H22ClF2N3O3. The topological polar surface area (TPSA) is 64.9 Å². The Morgan fingerprint density at radius 1 is 1.20 bits per heavy atom. The van der Waals surface area contributed by atoms with Crippen LogP contribution in [-0.2, 0) is 6.61 Å². The highest BCUT2D eigenvalue weighted by Crippen LogP contribution is 2.38. The number of pyridine rings is 1. The van der Waals surface area contributed by atoms with Gasteiger partial charge in [-0.15, -0.1) is 0 Å². The maximum Gasteiger partial charge on any atom is 0.255 e. The number of nitrogens with zero attached hydrogens (tertiary/aromatic N) is 2. The number of aryl methyl sites for hydroxylation is 2. The predicted molar refractivity (Wildman–Crippen MR) is 127 cm³/mol. The molecule has 9 heteroatoms. The quantitative estimate of drug-likeness (QED) is 0.383. The van der Waals surface area contributed by atoms with Gasteiger partial charge in [-0.25, -0.2) is 8.78 Å². The average molecular weight is 498 g/mol. The molecular weight excluding hydrogens is 476 g/mol. The van der Waals surface area contributed by atoms with Crippen LogP contribution in [0.4, 0.5) is 8.78 Å². The van der Waals surface area contributed by atoms with Crippen LogP contribution in [0.3, 0.4) is 0 Å². The summed E-state index contributed by atoms with van der Waals surface area (Å²) in [5, 5.41) is 8.06. The van der Waals surface area contributed by atoms with E-state index in [2.05, 4.69) is 10.4 Å². The van der Waals surface area contributed by atoms with Crippen molar-refractivity contribution >= 4 is 23.0 Å². The summed E-state index contributed by atoms with van der Waals surface area (Å²) in [6.07, 6.45) is 0.596. The van der Waals surface area contributed by atoms with E-state index in [0.29, 0.717) is 40.6 Å². The van der Waals surface area contributed by atoms with Gasteiger partial charge in [0.2, 0.25) is 5.88 Å². The molecule has 35 heavy (non-hydrogen) atoms. The number of nitrogens with one attached hydrogen (secondary N) is 1. The van der Waals surface area contributed by atoms with Gasteiger partial charge in [0, 0.05) is 18.1 Å². The summed E-state index contributed by atoms with van der Waals surface area (Å²) in [7, 11) is 0. The van der Waals surface area contributed by atoms with Gasteiger partial charge in [-0.2, -0.15) is 9.61 Å². The molecule has 1 atom stereocenters. The van der Waals surface area contributed by atoms with E-state index in [0.717, 1.165) is 11.1 Å². The number of carbonyl (C=O) groups is 1. The summed E-state index contributed by atoms with van der Waals surface area (Å²) in [5.41, 5.74) is 2.86. The van der Waals surface area contributed by atoms with E-state index in [1.807, 2.05) is 25.1 Å². The second kappa shape index (κ2) is 9.19. The summed E-state index contributed by atoms with van der Waals surface area (Å²) >= 11 is 6.26. The molecule has 0 bridgehead atoms. The highest BCUT2D eigenvalue weighted by molar-refractivity contribution is 6.32. The van der Waals surface area contributed by atoms with Crippen LogP contribution in [0.1, 0.15) is 45.2 Å². The highest BCUT2D eigenvalue weighted by Gasteiger charge is 2.27. The van der Waals surface area contributed by atoms with Crippen LogP contribution < -0.4 is 14.8 Å². The number of aromatic nitrogens is 2. The van der Waals surface area contributed by atoms with E-state index in [1.54, 1.807) is 19.1 Å². The van der Waals surface area contributed by atoms with Crippen molar-refractivity contribution in [2.45, 2.75) is 32.9 Å². The van der Waals surface area contributed by atoms with E-state index < -0.39 is 11.6 Å². The number of rotatable bonds is 5. The van der Waals surface area contributed by atoms with Crippen LogP contribution in [0.15, 0.2) is 48.5 Å². The number of fused-ring (bicyclic) bond motifs is 2. The number of ether oxygens (including phenoxy) is 2. The average Bonchev–Trinajstić information content (AvgIpc) is 3.15. The van der Waals surface area contributed by atoms with Gasteiger partial charge in [0.25, 0.3) is 5.91 Å². The lowest BCUT2D eigenvalue weighted by Gasteiger charge is -2.27. The van der Waals surface area contributed by atoms with Crippen molar-refractivity contribution in [1.29, 1.82) is 0 Å². The molecule has 1 N–H and O–H groups in total. The van der Waals surface area contributed by atoms with Gasteiger partial charge >= 0.3 is 0 Å². The molecule has 3 heterocycles. The molecule has 0 saturated carbocycles. The minimum atomic E-state index is -0.692. The Labute approximate surface area is 205 Å². The number of carbonyl (C=O) groups excluding carboxylic acids is 1. The standard InChI is InChI=1S/C26H22ClF2N3O3/c1-14-11-22-24(26(33)30-21-9-10-34-25-16(21)5-3-6-18(25)27)15(2)31-32(22)23(12-14)35-13-17-19(28)7-4-8-20(17)29/h3-8,11-12,21H,9-10,13H2,1-2H3,(H,30,33). The zero-order valence-corrected chi connectivity index (χ0v) is 19.8. The van der Waals surface area contributed by atoms with Crippen LogP contribution >= 0.6 is 11.6 Å². The Kier molecular flexibility index (Phi) is 6.06. The third-order valence-corrected chi connectivity index (χ3v) is 6.30. The lowest BCUT2D eigenvalue weighted by Crippen LogP contribution is -2.32. The molecule has 4 aromatic rings. The van der Waals surface area contributed by atoms with Crippen LogP contribution in [-0.4, -0.2) is 22.1 Å². The summed E-state index contributed by atoms with van der Waals surface area (Å²) in [6.45, 7) is 3.68. The fourth-order valence-electron chi connectivity index (χ4n) is 4.33. The lowest BCUT2D eigenvalue weighted by molar-refractivity contribution is 0.0926. The van der Waals surface area contributed by atoms with Crippen molar-refractivity contribution in [1.82, 2.24) is 14.9 Å². The summed E-state index contributed by atoms with van der Waals surface area (Å²) in [6, 6.07) is 12.3. The molecule has 1 aliphatic rings. The monoisotopic (exact) mass is 497 g/mol. The van der Waals surface area contributed by atoms with Gasteiger partial charge in [-0.3, -0.25) is 4.79 Å². The first kappa shape index (κ1) is 23.1. The summed E-state index contributed by atoms with van der Waals surface area (Å²) in [5.74, 6) is -0.834. The molecule has 6 nitrogen and oxygen atoms in total. The van der Waals surface area contributed by atoms with E-state index in [-0.39, 0.29) is 30.0 Å². The Bertz CT molecular complexity index is 1430. The minimum absolute atomic E-state index is 0.180. The number of hydrogen-bond donors (Lipinski definition) is 1. The van der Waals surface area contributed by atoms with Crippen molar-refractivity contribution < 1.29 is 23.0 Å². The fraction of sp³-hybridized carbons (Fsp3) is 0.231. The van der Waals surface area contributed by atoms with Crippen LogP contribution in [0.25, 0.3) is 5.52 Å². The molecule has 0 fully saturated rings. The van der Waals surface area contributed by atoms with Gasteiger partial charge in [0.1, 0.15) is 24.0 Å². The molecule has 1 aliphatic heterocycles. The largest absolute Gasteiger partial charge is 0.492 e. The SMILES string of the molecule is Cc1cc(OCc2c(F)cccc2F)n2nc(C)c(C(=O)NC3CCOc4c(Cl)cccc43)c2c1. The van der Waals surface area contributed by atoms with Gasteiger partial charge in [0.05, 0.1) is 40.0 Å². The van der Waals surface area contributed by atoms with Crippen molar-refractivity contribution in [3.63, 3.8) is 0 Å². The van der Waals surface area contributed by atoms with Crippen molar-refractivity contribution in [2.75, 3.05) is 6.61 Å². The lowest BCUT2D eigenvalue weighted by atomic mass is 10.00. The highest BCUT2D eigenvalue weighted by atomic mass is 35.5. The van der Waals surface area contributed by atoms with Crippen molar-refractivity contribution in [2.24, 2.45) is 0 Å². The summed E-state index contributed by atoms with van der Waals surface area (Å²) in [4.78, 5) is 13.4. The first-order chi connectivity index (χ1) is 16.8. The second-order valence-corrected chi connectivity index (χ2v) is 8.85. The zero-order chi connectivity index (χ0) is 24.7. The fourth-order valence-corrected chi connectivity index (χ4v) is 4.56. The molecule has 5 rings (SSSR count). The van der Waals surface area contributed by atoms with E-state index in [1.165, 1.54) is 22.7 Å². The summed E-state index contributed by atoms with van der Waals surface area (Å²) < 4.78 is 41.1. The number of benzene rings is 2.